The zero-order valence-corrected chi connectivity index (χ0v) is 14.3. The number of nitriles is 1. The maximum absolute atomic E-state index is 12.3. The van der Waals surface area contributed by atoms with Crippen molar-refractivity contribution in [2.24, 2.45) is 5.92 Å². The maximum Gasteiger partial charge on any atom is 0.329 e. The van der Waals surface area contributed by atoms with Gasteiger partial charge in [0.25, 0.3) is 5.91 Å². The van der Waals surface area contributed by atoms with Gasteiger partial charge in [-0.05, 0) is 23.4 Å². The zero-order chi connectivity index (χ0) is 17.5. The summed E-state index contributed by atoms with van der Waals surface area (Å²) in [5, 5.41) is 13.6. The molecule has 0 aliphatic heterocycles. The lowest BCUT2D eigenvalue weighted by Crippen LogP contribution is -2.45. The monoisotopic (exact) mass is 342 g/mol. The van der Waals surface area contributed by atoms with E-state index in [1.165, 1.54) is 11.3 Å². The van der Waals surface area contributed by atoms with Crippen LogP contribution in [0.1, 0.15) is 34.6 Å². The molecule has 1 aromatic carbocycles. The van der Waals surface area contributed by atoms with Gasteiger partial charge in [-0.1, -0.05) is 38.1 Å². The van der Waals surface area contributed by atoms with Crippen molar-refractivity contribution in [1.82, 2.24) is 5.32 Å². The predicted molar refractivity (Wildman–Crippen MR) is 91.4 cm³/mol. The van der Waals surface area contributed by atoms with Crippen LogP contribution in [0.25, 0.3) is 0 Å². The summed E-state index contributed by atoms with van der Waals surface area (Å²) in [5.41, 5.74) is 1.11. The van der Waals surface area contributed by atoms with E-state index in [9.17, 15) is 9.59 Å². The van der Waals surface area contributed by atoms with Crippen LogP contribution in [0.5, 0.6) is 0 Å². The van der Waals surface area contributed by atoms with Crippen molar-refractivity contribution in [2.45, 2.75) is 26.5 Å². The van der Waals surface area contributed by atoms with Crippen molar-refractivity contribution in [2.75, 3.05) is 0 Å². The van der Waals surface area contributed by atoms with Gasteiger partial charge in [0.05, 0.1) is 16.5 Å². The summed E-state index contributed by atoms with van der Waals surface area (Å²) in [6.07, 6.45) is 0. The van der Waals surface area contributed by atoms with Crippen molar-refractivity contribution in [1.29, 1.82) is 5.26 Å². The number of amides is 1. The number of esters is 1. The van der Waals surface area contributed by atoms with E-state index in [4.69, 9.17) is 10.00 Å². The Bertz CT molecular complexity index is 748. The lowest BCUT2D eigenvalue weighted by Gasteiger charge is -2.20. The van der Waals surface area contributed by atoms with E-state index in [1.54, 1.807) is 41.8 Å². The molecular weight excluding hydrogens is 324 g/mol. The molecule has 1 heterocycles. The Morgan fingerprint density at radius 2 is 2.00 bits per heavy atom. The van der Waals surface area contributed by atoms with Gasteiger partial charge >= 0.3 is 5.97 Å². The molecule has 124 valence electrons. The van der Waals surface area contributed by atoms with E-state index in [0.29, 0.717) is 16.0 Å². The van der Waals surface area contributed by atoms with E-state index >= 15 is 0 Å². The van der Waals surface area contributed by atoms with Crippen LogP contribution in [0.2, 0.25) is 0 Å². The Balaban J connectivity index is 2.01. The van der Waals surface area contributed by atoms with Crippen molar-refractivity contribution in [3.05, 3.63) is 57.8 Å². The summed E-state index contributed by atoms with van der Waals surface area (Å²) in [5.74, 6) is -0.923. The van der Waals surface area contributed by atoms with Crippen LogP contribution >= 0.6 is 11.3 Å². The van der Waals surface area contributed by atoms with Crippen LogP contribution in [-0.2, 0) is 16.1 Å². The van der Waals surface area contributed by atoms with E-state index in [-0.39, 0.29) is 18.4 Å². The molecule has 1 N–H and O–H groups in total. The van der Waals surface area contributed by atoms with Crippen LogP contribution in [0, 0.1) is 17.2 Å². The number of rotatable bonds is 6. The topological polar surface area (TPSA) is 79.2 Å². The smallest absolute Gasteiger partial charge is 0.329 e. The highest BCUT2D eigenvalue weighted by Crippen LogP contribution is 2.13. The van der Waals surface area contributed by atoms with E-state index < -0.39 is 12.0 Å². The number of carbonyl (C=O) groups is 2. The molecule has 0 spiro atoms. The first-order chi connectivity index (χ1) is 11.5. The largest absolute Gasteiger partial charge is 0.459 e. The quantitative estimate of drug-likeness (QED) is 0.818. The third kappa shape index (κ3) is 4.43. The number of carbonyl (C=O) groups excluding carboxylic acids is 2. The number of ether oxygens (including phenoxy) is 1. The van der Waals surface area contributed by atoms with E-state index in [2.05, 4.69) is 11.4 Å². The first-order valence-electron chi connectivity index (χ1n) is 7.52. The van der Waals surface area contributed by atoms with Gasteiger partial charge in [-0.15, -0.1) is 11.3 Å². The lowest BCUT2D eigenvalue weighted by molar-refractivity contribution is -0.148. The first kappa shape index (κ1) is 17.7. The molecule has 0 saturated carbocycles. The van der Waals surface area contributed by atoms with E-state index in [1.807, 2.05) is 13.8 Å². The Morgan fingerprint density at radius 3 is 2.62 bits per heavy atom. The summed E-state index contributed by atoms with van der Waals surface area (Å²) in [6.45, 7) is 3.67. The van der Waals surface area contributed by atoms with Gasteiger partial charge in [0.2, 0.25) is 0 Å². The summed E-state index contributed by atoms with van der Waals surface area (Å²) >= 11 is 1.31. The fraction of sp³-hybridized carbons (Fsp3) is 0.278. The van der Waals surface area contributed by atoms with Crippen molar-refractivity contribution in [3.63, 3.8) is 0 Å². The normalized spacial score (nSPS) is 11.6. The molecule has 0 bridgehead atoms. The molecule has 0 fully saturated rings. The number of hydrogen-bond acceptors (Lipinski definition) is 5. The minimum Gasteiger partial charge on any atom is -0.459 e. The highest BCUT2D eigenvalue weighted by atomic mass is 32.1. The SMILES string of the molecule is CC(C)[C@@H](NC(=O)c1cccs1)C(=O)OCc1ccccc1C#N. The Labute approximate surface area is 144 Å². The fourth-order valence-electron chi connectivity index (χ4n) is 2.11. The van der Waals surface area contributed by atoms with Gasteiger partial charge in [-0.2, -0.15) is 5.26 Å². The molecule has 2 rings (SSSR count). The van der Waals surface area contributed by atoms with Gasteiger partial charge in [-0.25, -0.2) is 4.79 Å². The Morgan fingerprint density at radius 1 is 1.25 bits per heavy atom. The number of nitrogens with zero attached hydrogens (tertiary/aromatic N) is 1. The molecule has 1 atom stereocenters. The van der Waals surface area contributed by atoms with Crippen LogP contribution in [0.4, 0.5) is 0 Å². The summed E-state index contributed by atoms with van der Waals surface area (Å²) in [7, 11) is 0. The highest BCUT2D eigenvalue weighted by Gasteiger charge is 2.26. The van der Waals surface area contributed by atoms with Gasteiger partial charge in [0.1, 0.15) is 12.6 Å². The number of hydrogen-bond donors (Lipinski definition) is 1. The average Bonchev–Trinajstić information content (AvgIpc) is 3.12. The molecule has 1 amide bonds. The second kappa shape index (κ2) is 8.27. The molecule has 0 saturated heterocycles. The molecular formula is C18H18N2O3S. The molecule has 5 nitrogen and oxygen atoms in total. The molecule has 6 heteroatoms. The standard InChI is InChI=1S/C18H18N2O3S/c1-12(2)16(20-17(21)15-8-5-9-24-15)18(22)23-11-14-7-4-3-6-13(14)10-19/h3-9,12,16H,11H2,1-2H3,(H,20,21)/t16-/m1/s1. The summed E-state index contributed by atoms with van der Waals surface area (Å²) < 4.78 is 5.31. The van der Waals surface area contributed by atoms with Crippen molar-refractivity contribution in [3.8, 4) is 6.07 Å². The molecule has 2 aromatic rings. The average molecular weight is 342 g/mol. The van der Waals surface area contributed by atoms with Crippen LogP contribution in [0.15, 0.2) is 41.8 Å². The van der Waals surface area contributed by atoms with E-state index in [0.717, 1.165) is 0 Å². The molecule has 0 unspecified atom stereocenters. The molecule has 0 aliphatic rings. The minimum atomic E-state index is -0.742. The molecule has 24 heavy (non-hydrogen) atoms. The zero-order valence-electron chi connectivity index (χ0n) is 13.5. The Hall–Kier alpha value is -2.65. The van der Waals surface area contributed by atoms with Crippen LogP contribution in [-0.4, -0.2) is 17.9 Å². The number of benzene rings is 1. The maximum atomic E-state index is 12.3. The molecule has 0 radical (unpaired) electrons. The van der Waals surface area contributed by atoms with Gasteiger partial charge in [-0.3, -0.25) is 4.79 Å². The van der Waals surface area contributed by atoms with Gasteiger partial charge in [0, 0.05) is 5.56 Å². The third-order valence-electron chi connectivity index (χ3n) is 3.46. The first-order valence-corrected chi connectivity index (χ1v) is 8.40. The van der Waals surface area contributed by atoms with Gasteiger partial charge in [0.15, 0.2) is 0 Å². The second-order valence-corrected chi connectivity index (χ2v) is 6.50. The van der Waals surface area contributed by atoms with Crippen molar-refractivity contribution >= 4 is 23.2 Å². The van der Waals surface area contributed by atoms with Crippen LogP contribution in [0.3, 0.4) is 0 Å². The molecule has 1 aromatic heterocycles. The number of thiophene rings is 1. The second-order valence-electron chi connectivity index (χ2n) is 5.55. The fourth-order valence-corrected chi connectivity index (χ4v) is 2.74. The minimum absolute atomic E-state index is 0.000654. The predicted octanol–water partition coefficient (Wildman–Crippen LogP) is 3.12. The third-order valence-corrected chi connectivity index (χ3v) is 4.33. The lowest BCUT2D eigenvalue weighted by atomic mass is 10.0. The van der Waals surface area contributed by atoms with Crippen LogP contribution < -0.4 is 5.32 Å². The summed E-state index contributed by atoms with van der Waals surface area (Å²) in [6, 6.07) is 11.7. The van der Waals surface area contributed by atoms with Gasteiger partial charge < -0.3 is 10.1 Å². The highest BCUT2D eigenvalue weighted by molar-refractivity contribution is 7.12. The summed E-state index contributed by atoms with van der Waals surface area (Å²) in [4.78, 5) is 25.0. The van der Waals surface area contributed by atoms with Crippen molar-refractivity contribution < 1.29 is 14.3 Å². The molecule has 0 aliphatic carbocycles. The number of nitrogens with one attached hydrogen (secondary N) is 1. The Kier molecular flexibility index (Phi) is 6.10.